The number of esters is 3. The molecule has 0 aromatic carbocycles. The highest BCUT2D eigenvalue weighted by Crippen LogP contribution is 2.14. The van der Waals surface area contributed by atoms with Crippen LogP contribution in [0.25, 0.3) is 0 Å². The Hall–Kier alpha value is -3.15. The van der Waals surface area contributed by atoms with Crippen LogP contribution in [0.15, 0.2) is 72.9 Å². The Bertz CT molecular complexity index is 1080. The van der Waals surface area contributed by atoms with E-state index in [1.165, 1.54) is 64.2 Å². The van der Waals surface area contributed by atoms with Crippen LogP contribution in [0, 0.1) is 0 Å². The van der Waals surface area contributed by atoms with Gasteiger partial charge in [0.2, 0.25) is 0 Å². The first-order chi connectivity index (χ1) is 27.5. The van der Waals surface area contributed by atoms with Gasteiger partial charge in [0.25, 0.3) is 0 Å². The minimum atomic E-state index is -0.797. The summed E-state index contributed by atoms with van der Waals surface area (Å²) in [4.78, 5) is 37.7. The lowest BCUT2D eigenvalue weighted by atomic mass is 10.0. The second kappa shape index (κ2) is 44.6. The van der Waals surface area contributed by atoms with E-state index >= 15 is 0 Å². The number of rotatable bonds is 40. The second-order valence-corrected chi connectivity index (χ2v) is 14.9. The summed E-state index contributed by atoms with van der Waals surface area (Å²) < 4.78 is 16.6. The summed E-state index contributed by atoms with van der Waals surface area (Å²) in [5.41, 5.74) is 0. The average Bonchev–Trinajstić information content (AvgIpc) is 3.19. The van der Waals surface area contributed by atoms with Crippen molar-refractivity contribution in [2.45, 2.75) is 213 Å². The minimum Gasteiger partial charge on any atom is -0.462 e. The smallest absolute Gasteiger partial charge is 0.306 e. The highest BCUT2D eigenvalue weighted by molar-refractivity contribution is 5.71. The highest BCUT2D eigenvalue weighted by atomic mass is 16.6. The van der Waals surface area contributed by atoms with Gasteiger partial charge in [0.05, 0.1) is 0 Å². The predicted octanol–water partition coefficient (Wildman–Crippen LogP) is 14.7. The van der Waals surface area contributed by atoms with Gasteiger partial charge in [0.1, 0.15) is 13.2 Å². The fraction of sp³-hybridized carbons (Fsp3) is 0.700. The SMILES string of the molecule is CC/C=C\C/C=C\C/C=C\C/C=C\CCCCCC(=O)OCC(COC(=O)CCCC/C=C\C/C=C\CC)OC(=O)CCCCCCCCCCCCCCC. The molecule has 1 unspecified atom stereocenters. The molecule has 0 saturated heterocycles. The van der Waals surface area contributed by atoms with Crippen LogP contribution in [0.2, 0.25) is 0 Å². The lowest BCUT2D eigenvalue weighted by molar-refractivity contribution is -0.167. The molecule has 0 radical (unpaired) electrons. The van der Waals surface area contributed by atoms with E-state index in [1.807, 2.05) is 0 Å². The Morgan fingerprint density at radius 1 is 0.375 bits per heavy atom. The number of carbonyl (C=O) groups excluding carboxylic acids is 3. The molecule has 0 aliphatic rings. The molecular formula is C50H84O6. The molecule has 0 aliphatic heterocycles. The zero-order valence-corrected chi connectivity index (χ0v) is 36.4. The summed E-state index contributed by atoms with van der Waals surface area (Å²) in [6.45, 7) is 6.32. The van der Waals surface area contributed by atoms with Crippen LogP contribution in [0.1, 0.15) is 207 Å². The standard InChI is InChI=1S/C50H84O6/c1-4-7-10-13-16-19-21-23-24-25-27-28-31-34-37-40-43-49(52)55-46-47(45-54-48(51)42-39-36-33-30-18-15-12-9-6-3)56-50(53)44-41-38-35-32-29-26-22-20-17-14-11-8-5-2/h7,9-10,12,16,18-19,23-24,27-28,30,47H,4-6,8,11,13-15,17,20-22,25-26,29,31-46H2,1-3H3/b10-7-,12-9-,19-16-,24-23-,28-27-,30-18-. The van der Waals surface area contributed by atoms with E-state index in [9.17, 15) is 14.4 Å². The second-order valence-electron chi connectivity index (χ2n) is 14.9. The van der Waals surface area contributed by atoms with Gasteiger partial charge in [0.15, 0.2) is 6.10 Å². The van der Waals surface area contributed by atoms with Crippen LogP contribution in [-0.4, -0.2) is 37.2 Å². The predicted molar refractivity (Wildman–Crippen MR) is 238 cm³/mol. The Labute approximate surface area is 344 Å². The molecule has 6 heteroatoms. The van der Waals surface area contributed by atoms with Crippen LogP contribution < -0.4 is 0 Å². The van der Waals surface area contributed by atoms with Crippen molar-refractivity contribution in [1.82, 2.24) is 0 Å². The van der Waals surface area contributed by atoms with E-state index in [4.69, 9.17) is 14.2 Å². The maximum Gasteiger partial charge on any atom is 0.306 e. The molecule has 0 N–H and O–H groups in total. The molecule has 0 heterocycles. The summed E-state index contributed by atoms with van der Waals surface area (Å²) >= 11 is 0. The molecule has 320 valence electrons. The third-order valence-corrected chi connectivity index (χ3v) is 9.46. The van der Waals surface area contributed by atoms with Crippen LogP contribution in [0.4, 0.5) is 0 Å². The van der Waals surface area contributed by atoms with Crippen molar-refractivity contribution >= 4 is 17.9 Å². The molecule has 1 atom stereocenters. The Morgan fingerprint density at radius 3 is 1.12 bits per heavy atom. The number of allylic oxidation sites excluding steroid dienone is 12. The lowest BCUT2D eigenvalue weighted by Gasteiger charge is -2.18. The summed E-state index contributed by atoms with van der Waals surface area (Å²) in [5, 5.41) is 0. The average molecular weight is 781 g/mol. The van der Waals surface area contributed by atoms with Gasteiger partial charge < -0.3 is 14.2 Å². The molecule has 6 nitrogen and oxygen atoms in total. The van der Waals surface area contributed by atoms with Crippen molar-refractivity contribution in [2.75, 3.05) is 13.2 Å². The van der Waals surface area contributed by atoms with E-state index in [0.717, 1.165) is 103 Å². The number of ether oxygens (including phenoxy) is 3. The summed E-state index contributed by atoms with van der Waals surface area (Å²) in [5.74, 6) is -0.971. The van der Waals surface area contributed by atoms with Gasteiger partial charge in [-0.3, -0.25) is 14.4 Å². The first kappa shape index (κ1) is 52.9. The van der Waals surface area contributed by atoms with Crippen LogP contribution in [0.3, 0.4) is 0 Å². The van der Waals surface area contributed by atoms with Crippen molar-refractivity contribution in [2.24, 2.45) is 0 Å². The fourth-order valence-corrected chi connectivity index (χ4v) is 6.06. The molecule has 0 saturated carbocycles. The van der Waals surface area contributed by atoms with E-state index in [0.29, 0.717) is 19.3 Å². The number of hydrogen-bond acceptors (Lipinski definition) is 6. The minimum absolute atomic E-state index is 0.102. The number of hydrogen-bond donors (Lipinski definition) is 0. The Balaban J connectivity index is 4.43. The van der Waals surface area contributed by atoms with Crippen molar-refractivity contribution in [1.29, 1.82) is 0 Å². The van der Waals surface area contributed by atoms with Crippen molar-refractivity contribution in [3.05, 3.63) is 72.9 Å². The first-order valence-corrected chi connectivity index (χ1v) is 22.9. The zero-order valence-electron chi connectivity index (χ0n) is 36.4. The van der Waals surface area contributed by atoms with Crippen LogP contribution >= 0.6 is 0 Å². The maximum atomic E-state index is 12.7. The van der Waals surface area contributed by atoms with Gasteiger partial charge in [-0.2, -0.15) is 0 Å². The van der Waals surface area contributed by atoms with E-state index < -0.39 is 6.10 Å². The molecule has 0 rings (SSSR count). The van der Waals surface area contributed by atoms with Gasteiger partial charge in [-0.15, -0.1) is 0 Å². The molecule has 0 aliphatic carbocycles. The normalized spacial score (nSPS) is 12.7. The molecule has 0 spiro atoms. The monoisotopic (exact) mass is 781 g/mol. The molecule has 56 heavy (non-hydrogen) atoms. The number of unbranched alkanes of at least 4 members (excludes halogenated alkanes) is 17. The number of carbonyl (C=O) groups is 3. The summed E-state index contributed by atoms with van der Waals surface area (Å²) in [6.07, 6.45) is 54.7. The summed E-state index contributed by atoms with van der Waals surface area (Å²) in [6, 6.07) is 0. The third kappa shape index (κ3) is 42.0. The highest BCUT2D eigenvalue weighted by Gasteiger charge is 2.19. The van der Waals surface area contributed by atoms with Gasteiger partial charge >= 0.3 is 17.9 Å². The van der Waals surface area contributed by atoms with E-state index in [1.54, 1.807) is 0 Å². The Kier molecular flexibility index (Phi) is 42.1. The largest absolute Gasteiger partial charge is 0.462 e. The lowest BCUT2D eigenvalue weighted by Crippen LogP contribution is -2.30. The van der Waals surface area contributed by atoms with Crippen LogP contribution in [0.5, 0.6) is 0 Å². The quantitative estimate of drug-likeness (QED) is 0.0267. The molecule has 0 amide bonds. The maximum absolute atomic E-state index is 12.7. The first-order valence-electron chi connectivity index (χ1n) is 22.9. The third-order valence-electron chi connectivity index (χ3n) is 9.46. The van der Waals surface area contributed by atoms with Crippen molar-refractivity contribution < 1.29 is 28.6 Å². The van der Waals surface area contributed by atoms with Gasteiger partial charge in [-0.1, -0.05) is 177 Å². The van der Waals surface area contributed by atoms with Gasteiger partial charge in [-0.25, -0.2) is 0 Å². The van der Waals surface area contributed by atoms with Gasteiger partial charge in [-0.05, 0) is 83.5 Å². The van der Waals surface area contributed by atoms with Crippen molar-refractivity contribution in [3.63, 3.8) is 0 Å². The van der Waals surface area contributed by atoms with Crippen molar-refractivity contribution in [3.8, 4) is 0 Å². The molecule has 0 fully saturated rings. The molecule has 0 bridgehead atoms. The molecular weight excluding hydrogens is 697 g/mol. The zero-order chi connectivity index (χ0) is 40.8. The van der Waals surface area contributed by atoms with E-state index in [2.05, 4.69) is 93.7 Å². The molecule has 0 aromatic heterocycles. The topological polar surface area (TPSA) is 78.9 Å². The fourth-order valence-electron chi connectivity index (χ4n) is 6.06. The van der Waals surface area contributed by atoms with Gasteiger partial charge in [0, 0.05) is 19.3 Å². The Morgan fingerprint density at radius 2 is 0.696 bits per heavy atom. The summed E-state index contributed by atoms with van der Waals surface area (Å²) in [7, 11) is 0. The van der Waals surface area contributed by atoms with Crippen LogP contribution in [-0.2, 0) is 28.6 Å². The van der Waals surface area contributed by atoms with E-state index in [-0.39, 0.29) is 31.1 Å². The molecule has 0 aromatic rings.